The monoisotopic (exact) mass is 222 g/mol. The summed E-state index contributed by atoms with van der Waals surface area (Å²) in [7, 11) is -3.39. The smallest absolute Gasteiger partial charge is 0.309 e. The summed E-state index contributed by atoms with van der Waals surface area (Å²) < 4.78 is 30.6. The average molecular weight is 222 g/mol. The Morgan fingerprint density at radius 2 is 2.14 bits per heavy atom. The van der Waals surface area contributed by atoms with Gasteiger partial charge in [0, 0.05) is 0 Å². The first-order chi connectivity index (χ1) is 6.44. The second-order valence-electron chi connectivity index (χ2n) is 3.34. The summed E-state index contributed by atoms with van der Waals surface area (Å²) in [5, 5.41) is 0. The zero-order valence-electron chi connectivity index (χ0n) is 8.23. The Kier molecular flexibility index (Phi) is 3.49. The van der Waals surface area contributed by atoms with Crippen molar-refractivity contribution in [3.63, 3.8) is 0 Å². The lowest BCUT2D eigenvalue weighted by atomic mass is 10.3. The molecule has 1 aliphatic rings. The van der Waals surface area contributed by atoms with Crippen LogP contribution in [-0.4, -0.2) is 33.9 Å². The Labute approximate surface area is 83.5 Å². The van der Waals surface area contributed by atoms with Crippen molar-refractivity contribution in [1.82, 2.24) is 0 Å². The maximum absolute atomic E-state index is 11.1. The summed E-state index contributed by atoms with van der Waals surface area (Å²) in [4.78, 5) is 11.1. The lowest BCUT2D eigenvalue weighted by Crippen LogP contribution is -2.11. The van der Waals surface area contributed by atoms with Gasteiger partial charge in [0.1, 0.15) is 0 Å². The number of hydrogen-bond acceptors (Lipinski definition) is 5. The van der Waals surface area contributed by atoms with Crippen LogP contribution in [-0.2, 0) is 23.8 Å². The van der Waals surface area contributed by atoms with Gasteiger partial charge in [-0.2, -0.15) is 8.42 Å². The summed E-state index contributed by atoms with van der Waals surface area (Å²) in [6.45, 7) is 2.18. The van der Waals surface area contributed by atoms with Crippen LogP contribution in [0.4, 0.5) is 0 Å². The topological polar surface area (TPSA) is 69.7 Å². The second kappa shape index (κ2) is 4.27. The molecular formula is C8H14O5S. The molecule has 1 saturated carbocycles. The van der Waals surface area contributed by atoms with Crippen LogP contribution < -0.4 is 0 Å². The molecule has 5 nitrogen and oxygen atoms in total. The number of ether oxygens (including phenoxy) is 1. The lowest BCUT2D eigenvalue weighted by molar-refractivity contribution is -0.145. The molecule has 0 spiro atoms. The molecule has 2 unspecified atom stereocenters. The molecule has 0 aromatic heterocycles. The minimum Gasteiger partial charge on any atom is -0.466 e. The van der Waals surface area contributed by atoms with Crippen LogP contribution in [0.1, 0.15) is 13.3 Å². The molecule has 0 aromatic carbocycles. The van der Waals surface area contributed by atoms with Crippen molar-refractivity contribution in [1.29, 1.82) is 0 Å². The van der Waals surface area contributed by atoms with Gasteiger partial charge in [-0.25, -0.2) is 0 Å². The maximum atomic E-state index is 11.1. The molecule has 1 rings (SSSR count). The van der Waals surface area contributed by atoms with Crippen LogP contribution in [0.2, 0.25) is 0 Å². The van der Waals surface area contributed by atoms with Gasteiger partial charge in [-0.05, 0) is 19.3 Å². The van der Waals surface area contributed by atoms with E-state index < -0.39 is 10.1 Å². The zero-order chi connectivity index (χ0) is 10.8. The number of esters is 1. The van der Waals surface area contributed by atoms with E-state index in [1.165, 1.54) is 0 Å². The normalized spacial score (nSPS) is 25.9. The molecule has 0 heterocycles. The highest BCUT2D eigenvalue weighted by molar-refractivity contribution is 7.85. The highest BCUT2D eigenvalue weighted by Crippen LogP contribution is 2.39. The summed E-state index contributed by atoms with van der Waals surface area (Å²) in [5.41, 5.74) is 0. The van der Waals surface area contributed by atoms with Crippen LogP contribution in [0.15, 0.2) is 0 Å². The van der Waals surface area contributed by atoms with E-state index in [9.17, 15) is 13.2 Å². The van der Waals surface area contributed by atoms with Crippen LogP contribution in [0.25, 0.3) is 0 Å². The van der Waals surface area contributed by atoms with Crippen molar-refractivity contribution < 1.29 is 22.1 Å². The lowest BCUT2D eigenvalue weighted by Gasteiger charge is -2.01. The fourth-order valence-corrected chi connectivity index (χ4v) is 1.60. The summed E-state index contributed by atoms with van der Waals surface area (Å²) in [5.74, 6) is -0.421. The van der Waals surface area contributed by atoms with Gasteiger partial charge >= 0.3 is 5.97 Å². The Balaban J connectivity index is 2.23. The van der Waals surface area contributed by atoms with Crippen molar-refractivity contribution in [3.8, 4) is 0 Å². The SMILES string of the molecule is CCOC(=O)C1CC1COS(C)(=O)=O. The molecule has 0 amide bonds. The molecule has 0 radical (unpaired) electrons. The molecule has 6 heteroatoms. The van der Waals surface area contributed by atoms with Crippen molar-refractivity contribution >= 4 is 16.1 Å². The largest absolute Gasteiger partial charge is 0.466 e. The molecule has 82 valence electrons. The summed E-state index contributed by atoms with van der Waals surface area (Å²) in [6.07, 6.45) is 1.66. The standard InChI is InChI=1S/C8H14O5S/c1-3-12-8(9)7-4-6(7)5-13-14(2,10)11/h6-7H,3-5H2,1-2H3. The van der Waals surface area contributed by atoms with E-state index in [4.69, 9.17) is 4.74 Å². The van der Waals surface area contributed by atoms with Gasteiger partial charge in [-0.15, -0.1) is 0 Å². The van der Waals surface area contributed by atoms with Gasteiger partial charge in [0.2, 0.25) is 0 Å². The van der Waals surface area contributed by atoms with Crippen LogP contribution in [0, 0.1) is 11.8 Å². The van der Waals surface area contributed by atoms with E-state index in [0.717, 1.165) is 6.26 Å². The fraction of sp³-hybridized carbons (Fsp3) is 0.875. The van der Waals surface area contributed by atoms with Gasteiger partial charge < -0.3 is 4.74 Å². The Morgan fingerprint density at radius 1 is 1.50 bits per heavy atom. The van der Waals surface area contributed by atoms with Gasteiger partial charge in [0.05, 0.1) is 25.4 Å². The summed E-state index contributed by atoms with van der Waals surface area (Å²) >= 11 is 0. The third kappa shape index (κ3) is 3.63. The maximum Gasteiger partial charge on any atom is 0.309 e. The predicted octanol–water partition coefficient (Wildman–Crippen LogP) is 0.162. The van der Waals surface area contributed by atoms with E-state index in [1.54, 1.807) is 6.92 Å². The zero-order valence-corrected chi connectivity index (χ0v) is 9.04. The third-order valence-electron chi connectivity index (χ3n) is 2.01. The molecule has 0 aromatic rings. The van der Waals surface area contributed by atoms with Crippen molar-refractivity contribution in [2.75, 3.05) is 19.5 Å². The number of hydrogen-bond donors (Lipinski definition) is 0. The first-order valence-corrected chi connectivity index (χ1v) is 6.26. The van der Waals surface area contributed by atoms with Crippen LogP contribution >= 0.6 is 0 Å². The van der Waals surface area contributed by atoms with E-state index in [-0.39, 0.29) is 24.4 Å². The predicted molar refractivity (Wildman–Crippen MR) is 49.0 cm³/mol. The van der Waals surface area contributed by atoms with Crippen molar-refractivity contribution in [2.45, 2.75) is 13.3 Å². The second-order valence-corrected chi connectivity index (χ2v) is 4.99. The molecule has 1 fully saturated rings. The average Bonchev–Trinajstić information content (AvgIpc) is 2.78. The molecule has 0 saturated heterocycles. The molecule has 14 heavy (non-hydrogen) atoms. The molecule has 0 bridgehead atoms. The number of rotatable bonds is 5. The minimum atomic E-state index is -3.39. The Hall–Kier alpha value is -0.620. The van der Waals surface area contributed by atoms with E-state index >= 15 is 0 Å². The number of carbonyl (C=O) groups is 1. The van der Waals surface area contributed by atoms with Crippen LogP contribution in [0.3, 0.4) is 0 Å². The molecule has 0 N–H and O–H groups in total. The number of carbonyl (C=O) groups excluding carboxylic acids is 1. The highest BCUT2D eigenvalue weighted by atomic mass is 32.2. The molecule has 0 aliphatic heterocycles. The van der Waals surface area contributed by atoms with E-state index in [2.05, 4.69) is 4.18 Å². The summed E-state index contributed by atoms with van der Waals surface area (Å²) in [6, 6.07) is 0. The van der Waals surface area contributed by atoms with Gasteiger partial charge in [-0.3, -0.25) is 8.98 Å². The van der Waals surface area contributed by atoms with Gasteiger partial charge in [0.15, 0.2) is 0 Å². The third-order valence-corrected chi connectivity index (χ3v) is 2.57. The quantitative estimate of drug-likeness (QED) is 0.489. The molecule has 2 atom stereocenters. The minimum absolute atomic E-state index is 0.00350. The van der Waals surface area contributed by atoms with E-state index in [1.807, 2.05) is 0 Å². The van der Waals surface area contributed by atoms with Crippen LogP contribution in [0.5, 0.6) is 0 Å². The van der Waals surface area contributed by atoms with Crippen molar-refractivity contribution in [3.05, 3.63) is 0 Å². The van der Waals surface area contributed by atoms with E-state index in [0.29, 0.717) is 13.0 Å². The fourth-order valence-electron chi connectivity index (χ4n) is 1.18. The first-order valence-electron chi connectivity index (χ1n) is 4.45. The Bertz CT molecular complexity index is 308. The Morgan fingerprint density at radius 3 is 2.64 bits per heavy atom. The molecular weight excluding hydrogens is 208 g/mol. The van der Waals surface area contributed by atoms with Gasteiger partial charge in [0.25, 0.3) is 10.1 Å². The van der Waals surface area contributed by atoms with Crippen molar-refractivity contribution in [2.24, 2.45) is 11.8 Å². The highest BCUT2D eigenvalue weighted by Gasteiger charge is 2.44. The molecule has 1 aliphatic carbocycles. The van der Waals surface area contributed by atoms with Gasteiger partial charge in [-0.1, -0.05) is 0 Å². The first kappa shape index (κ1) is 11.5.